The summed E-state index contributed by atoms with van der Waals surface area (Å²) in [5, 5.41) is 5.90. The molecular weight excluding hydrogens is 306 g/mol. The van der Waals surface area contributed by atoms with E-state index in [4.69, 9.17) is 11.6 Å². The number of halogens is 1. The van der Waals surface area contributed by atoms with Gasteiger partial charge < -0.3 is 10.6 Å². The molecule has 2 atom stereocenters. The van der Waals surface area contributed by atoms with E-state index >= 15 is 0 Å². The van der Waals surface area contributed by atoms with E-state index in [-0.39, 0.29) is 43.3 Å². The van der Waals surface area contributed by atoms with E-state index < -0.39 is 6.03 Å². The van der Waals surface area contributed by atoms with Crippen LogP contribution in [-0.4, -0.2) is 42.4 Å². The van der Waals surface area contributed by atoms with Crippen LogP contribution >= 0.6 is 11.6 Å². The molecule has 1 saturated carbocycles. The Hall–Kier alpha value is -2.08. The Morgan fingerprint density at radius 2 is 2.14 bits per heavy atom. The highest BCUT2D eigenvalue weighted by atomic mass is 35.5. The van der Waals surface area contributed by atoms with Gasteiger partial charge in [-0.3, -0.25) is 14.5 Å². The summed E-state index contributed by atoms with van der Waals surface area (Å²) < 4.78 is 0. The third-order valence-corrected chi connectivity index (χ3v) is 4.35. The fourth-order valence-electron chi connectivity index (χ4n) is 2.71. The molecule has 0 aromatic heterocycles. The molecule has 2 aliphatic rings. The molecule has 0 bridgehead atoms. The van der Waals surface area contributed by atoms with Gasteiger partial charge in [0.2, 0.25) is 11.8 Å². The van der Waals surface area contributed by atoms with E-state index in [1.165, 1.54) is 0 Å². The summed E-state index contributed by atoms with van der Waals surface area (Å²) in [6.45, 7) is 0.494. The molecule has 1 saturated heterocycles. The average molecular weight is 322 g/mol. The summed E-state index contributed by atoms with van der Waals surface area (Å²) in [4.78, 5) is 35.9. The molecule has 3 rings (SSSR count). The van der Waals surface area contributed by atoms with Crippen LogP contribution in [0.4, 0.5) is 4.79 Å². The molecule has 22 heavy (non-hydrogen) atoms. The molecule has 2 unspecified atom stereocenters. The summed E-state index contributed by atoms with van der Waals surface area (Å²) >= 11 is 6.13. The Bertz CT molecular complexity index is 618. The fraction of sp³-hybridized carbons (Fsp3) is 0.400. The van der Waals surface area contributed by atoms with Gasteiger partial charge in [-0.25, -0.2) is 4.79 Å². The summed E-state index contributed by atoms with van der Waals surface area (Å²) in [5.41, 5.74) is 0.999. The minimum absolute atomic E-state index is 0.0317. The van der Waals surface area contributed by atoms with E-state index in [0.717, 1.165) is 16.9 Å². The second kappa shape index (κ2) is 5.96. The van der Waals surface area contributed by atoms with Crippen molar-refractivity contribution >= 4 is 29.4 Å². The molecule has 116 valence electrons. The van der Waals surface area contributed by atoms with Crippen molar-refractivity contribution in [3.8, 4) is 0 Å². The SMILES string of the molecule is O=C(NCCN1C(=O)CNC1=O)C1CC1c1ccccc1Cl. The topological polar surface area (TPSA) is 78.5 Å². The third kappa shape index (κ3) is 2.92. The van der Waals surface area contributed by atoms with Crippen LogP contribution in [0.2, 0.25) is 5.02 Å². The first-order valence-corrected chi connectivity index (χ1v) is 7.56. The molecule has 0 radical (unpaired) electrons. The van der Waals surface area contributed by atoms with Crippen molar-refractivity contribution in [2.45, 2.75) is 12.3 Å². The van der Waals surface area contributed by atoms with Gasteiger partial charge in [0.15, 0.2) is 0 Å². The zero-order valence-electron chi connectivity index (χ0n) is 11.8. The van der Waals surface area contributed by atoms with Gasteiger partial charge >= 0.3 is 6.03 Å². The smallest absolute Gasteiger partial charge is 0.324 e. The van der Waals surface area contributed by atoms with Gasteiger partial charge in [-0.05, 0) is 24.0 Å². The highest BCUT2D eigenvalue weighted by Crippen LogP contribution is 2.49. The molecule has 6 nitrogen and oxygen atoms in total. The van der Waals surface area contributed by atoms with Crippen molar-refractivity contribution < 1.29 is 14.4 Å². The summed E-state index contributed by atoms with van der Waals surface area (Å²) in [7, 11) is 0. The molecule has 4 amide bonds. The zero-order chi connectivity index (χ0) is 15.7. The molecule has 7 heteroatoms. The molecule has 2 fully saturated rings. The Morgan fingerprint density at radius 1 is 1.36 bits per heavy atom. The van der Waals surface area contributed by atoms with Gasteiger partial charge in [0.25, 0.3) is 0 Å². The molecule has 2 N–H and O–H groups in total. The van der Waals surface area contributed by atoms with Crippen LogP contribution in [0.25, 0.3) is 0 Å². The van der Waals surface area contributed by atoms with Crippen LogP contribution in [0.1, 0.15) is 17.9 Å². The van der Waals surface area contributed by atoms with Crippen molar-refractivity contribution in [2.24, 2.45) is 5.92 Å². The number of hydrogen-bond donors (Lipinski definition) is 2. The first-order valence-electron chi connectivity index (χ1n) is 7.18. The molecule has 1 aliphatic heterocycles. The lowest BCUT2D eigenvalue weighted by molar-refractivity contribution is -0.126. The van der Waals surface area contributed by atoms with Crippen molar-refractivity contribution in [2.75, 3.05) is 19.6 Å². The van der Waals surface area contributed by atoms with Gasteiger partial charge in [0.1, 0.15) is 0 Å². The Labute approximate surface area is 132 Å². The number of imide groups is 1. The number of rotatable bonds is 5. The first kappa shape index (κ1) is 14.8. The number of nitrogens with zero attached hydrogens (tertiary/aromatic N) is 1. The van der Waals surface area contributed by atoms with Crippen molar-refractivity contribution in [1.82, 2.24) is 15.5 Å². The van der Waals surface area contributed by atoms with E-state index in [1.807, 2.05) is 24.3 Å². The Morgan fingerprint density at radius 3 is 2.82 bits per heavy atom. The molecule has 1 aromatic rings. The molecule has 1 aliphatic carbocycles. The van der Waals surface area contributed by atoms with Crippen LogP contribution in [-0.2, 0) is 9.59 Å². The van der Waals surface area contributed by atoms with Gasteiger partial charge in [-0.15, -0.1) is 0 Å². The monoisotopic (exact) mass is 321 g/mol. The van der Waals surface area contributed by atoms with Crippen LogP contribution in [0.3, 0.4) is 0 Å². The Kier molecular flexibility index (Phi) is 4.02. The maximum Gasteiger partial charge on any atom is 0.324 e. The third-order valence-electron chi connectivity index (χ3n) is 4.00. The van der Waals surface area contributed by atoms with E-state index in [0.29, 0.717) is 5.02 Å². The van der Waals surface area contributed by atoms with Crippen molar-refractivity contribution in [3.63, 3.8) is 0 Å². The summed E-state index contributed by atoms with van der Waals surface area (Å²) in [6.07, 6.45) is 0.776. The van der Waals surface area contributed by atoms with E-state index in [1.54, 1.807) is 0 Å². The van der Waals surface area contributed by atoms with Crippen LogP contribution in [0, 0.1) is 5.92 Å². The number of carbonyl (C=O) groups excluding carboxylic acids is 3. The number of amides is 4. The van der Waals surface area contributed by atoms with Crippen LogP contribution in [0.15, 0.2) is 24.3 Å². The largest absolute Gasteiger partial charge is 0.354 e. The van der Waals surface area contributed by atoms with Gasteiger partial charge in [-0.2, -0.15) is 0 Å². The lowest BCUT2D eigenvalue weighted by atomic mass is 10.1. The van der Waals surface area contributed by atoms with E-state index in [9.17, 15) is 14.4 Å². The van der Waals surface area contributed by atoms with E-state index in [2.05, 4.69) is 10.6 Å². The predicted octanol–water partition coefficient (Wildman–Crippen LogP) is 1.11. The lowest BCUT2D eigenvalue weighted by Crippen LogP contribution is -2.39. The van der Waals surface area contributed by atoms with Gasteiger partial charge in [0, 0.05) is 24.0 Å². The molecule has 1 aromatic carbocycles. The standard InChI is InChI=1S/C15H16ClN3O3/c16-12-4-2-1-3-9(12)10-7-11(10)14(21)17-5-6-19-13(20)8-18-15(19)22/h1-4,10-11H,5-8H2,(H,17,21)(H,18,22). The number of urea groups is 1. The van der Waals surface area contributed by atoms with Gasteiger partial charge in [-0.1, -0.05) is 29.8 Å². The number of benzene rings is 1. The number of hydrogen-bond acceptors (Lipinski definition) is 3. The van der Waals surface area contributed by atoms with Gasteiger partial charge in [0.05, 0.1) is 6.54 Å². The van der Waals surface area contributed by atoms with Crippen LogP contribution in [0.5, 0.6) is 0 Å². The normalized spacial score (nSPS) is 23.4. The highest BCUT2D eigenvalue weighted by molar-refractivity contribution is 6.31. The molecule has 0 spiro atoms. The maximum absolute atomic E-state index is 12.1. The molecule has 1 heterocycles. The average Bonchev–Trinajstić information content (AvgIpc) is 3.23. The maximum atomic E-state index is 12.1. The Balaban J connectivity index is 1.47. The quantitative estimate of drug-likeness (QED) is 0.797. The van der Waals surface area contributed by atoms with Crippen molar-refractivity contribution in [3.05, 3.63) is 34.9 Å². The minimum Gasteiger partial charge on any atom is -0.354 e. The summed E-state index contributed by atoms with van der Waals surface area (Å²) in [6, 6.07) is 7.13. The summed E-state index contributed by atoms with van der Waals surface area (Å²) in [5.74, 6) is -0.245. The van der Waals surface area contributed by atoms with Crippen molar-refractivity contribution in [1.29, 1.82) is 0 Å². The minimum atomic E-state index is -0.403. The second-order valence-electron chi connectivity index (χ2n) is 5.47. The highest BCUT2D eigenvalue weighted by Gasteiger charge is 2.44. The zero-order valence-corrected chi connectivity index (χ0v) is 12.6. The number of nitrogens with one attached hydrogen (secondary N) is 2. The molecular formula is C15H16ClN3O3. The van der Waals surface area contributed by atoms with Crippen LogP contribution < -0.4 is 10.6 Å². The predicted molar refractivity (Wildman–Crippen MR) is 80.4 cm³/mol. The fourth-order valence-corrected chi connectivity index (χ4v) is 2.98. The second-order valence-corrected chi connectivity index (χ2v) is 5.87. The number of carbonyl (C=O) groups is 3. The first-order chi connectivity index (χ1) is 10.6. The lowest BCUT2D eigenvalue weighted by Gasteiger charge is -2.12.